The molecule has 0 spiro atoms. The van der Waals surface area contributed by atoms with Gasteiger partial charge in [0.2, 0.25) is 5.91 Å². The predicted octanol–water partition coefficient (Wildman–Crippen LogP) is 1.75. The molecule has 0 fully saturated rings. The molecule has 1 aliphatic rings. The topological polar surface area (TPSA) is 58.4 Å². The Morgan fingerprint density at radius 1 is 1.19 bits per heavy atom. The van der Waals surface area contributed by atoms with Crippen molar-refractivity contribution in [3.8, 4) is 0 Å². The lowest BCUT2D eigenvalue weighted by molar-refractivity contribution is -0.118. The second-order valence-corrected chi connectivity index (χ2v) is 6.36. The molecule has 1 aromatic heterocycles. The number of unbranched alkanes of at least 4 members (excludes halogenated alkanes) is 2. The van der Waals surface area contributed by atoms with Gasteiger partial charge in [0, 0.05) is 26.9 Å². The number of hydrogen-bond donors (Lipinski definition) is 0. The van der Waals surface area contributed by atoms with Crippen molar-refractivity contribution in [2.75, 3.05) is 31.3 Å². The van der Waals surface area contributed by atoms with E-state index >= 15 is 0 Å². The van der Waals surface area contributed by atoms with Crippen molar-refractivity contribution in [2.45, 2.75) is 31.3 Å². The highest BCUT2D eigenvalue weighted by molar-refractivity contribution is 7.99. The first kappa shape index (κ1) is 15.9. The van der Waals surface area contributed by atoms with Crippen LogP contribution in [-0.2, 0) is 11.8 Å². The third kappa shape index (κ3) is 3.07. The first-order valence-corrected chi connectivity index (χ1v) is 8.17. The fourth-order valence-corrected chi connectivity index (χ4v) is 3.23. The first-order chi connectivity index (χ1) is 9.97. The monoisotopic (exact) mass is 310 g/mol. The molecular weight excluding hydrogens is 288 g/mol. The SMILES string of the molecule is CCCCCSc1nc2c(n1C)C(=O)N(C)CC(=O)N2C. The normalized spacial score (nSPS) is 15.4. The number of carbonyl (C=O) groups is 2. The standard InChI is InChI=1S/C14H22N4O2S/c1-5-6-7-8-21-14-15-12-11(18(14)4)13(20)16(2)9-10(19)17(12)3/h5-9H2,1-4H3. The van der Waals surface area contributed by atoms with E-state index in [1.54, 1.807) is 30.4 Å². The number of anilines is 1. The number of carbonyl (C=O) groups excluding carboxylic acids is 2. The number of fused-ring (bicyclic) bond motifs is 1. The van der Waals surface area contributed by atoms with Crippen LogP contribution in [0.2, 0.25) is 0 Å². The molecule has 0 bridgehead atoms. The average Bonchev–Trinajstić information content (AvgIpc) is 2.75. The number of amides is 2. The summed E-state index contributed by atoms with van der Waals surface area (Å²) in [6.07, 6.45) is 3.50. The molecule has 1 aliphatic heterocycles. The predicted molar refractivity (Wildman–Crippen MR) is 83.8 cm³/mol. The van der Waals surface area contributed by atoms with Gasteiger partial charge in [-0.05, 0) is 6.42 Å². The minimum absolute atomic E-state index is 0.0880. The Bertz CT molecular complexity index is 555. The molecule has 1 aromatic rings. The Balaban J connectivity index is 2.29. The highest BCUT2D eigenvalue weighted by atomic mass is 32.2. The molecule has 0 N–H and O–H groups in total. The summed E-state index contributed by atoms with van der Waals surface area (Å²) in [6.45, 7) is 2.26. The number of hydrogen-bond acceptors (Lipinski definition) is 4. The van der Waals surface area contributed by atoms with Gasteiger partial charge in [-0.2, -0.15) is 0 Å². The van der Waals surface area contributed by atoms with E-state index in [4.69, 9.17) is 0 Å². The van der Waals surface area contributed by atoms with Crippen LogP contribution in [0.25, 0.3) is 0 Å². The van der Waals surface area contributed by atoms with Crippen LogP contribution >= 0.6 is 11.8 Å². The summed E-state index contributed by atoms with van der Waals surface area (Å²) < 4.78 is 1.81. The highest BCUT2D eigenvalue weighted by Gasteiger charge is 2.33. The van der Waals surface area contributed by atoms with E-state index in [-0.39, 0.29) is 18.4 Å². The van der Waals surface area contributed by atoms with Crippen LogP contribution in [0, 0.1) is 0 Å². The zero-order chi connectivity index (χ0) is 15.6. The molecule has 2 heterocycles. The van der Waals surface area contributed by atoms with Crippen LogP contribution in [0.5, 0.6) is 0 Å². The maximum absolute atomic E-state index is 12.4. The fourth-order valence-electron chi connectivity index (χ4n) is 2.26. The van der Waals surface area contributed by atoms with Crippen LogP contribution in [0.15, 0.2) is 5.16 Å². The summed E-state index contributed by atoms with van der Waals surface area (Å²) in [5.41, 5.74) is 0.490. The summed E-state index contributed by atoms with van der Waals surface area (Å²) in [5.74, 6) is 1.16. The lowest BCUT2D eigenvalue weighted by Crippen LogP contribution is -2.35. The van der Waals surface area contributed by atoms with E-state index < -0.39 is 0 Å². The number of aromatic nitrogens is 2. The van der Waals surface area contributed by atoms with Gasteiger partial charge in [-0.3, -0.25) is 14.5 Å². The molecular formula is C14H22N4O2S. The van der Waals surface area contributed by atoms with Crippen molar-refractivity contribution in [3.05, 3.63) is 5.69 Å². The molecule has 2 amide bonds. The second-order valence-electron chi connectivity index (χ2n) is 5.30. The largest absolute Gasteiger partial charge is 0.331 e. The van der Waals surface area contributed by atoms with Gasteiger partial charge in [0.1, 0.15) is 6.54 Å². The van der Waals surface area contributed by atoms with Crippen molar-refractivity contribution >= 4 is 29.4 Å². The van der Waals surface area contributed by atoms with Crippen molar-refractivity contribution in [1.82, 2.24) is 14.5 Å². The lowest BCUT2D eigenvalue weighted by atomic mass is 10.3. The number of imidazole rings is 1. The Labute approximate surface area is 129 Å². The van der Waals surface area contributed by atoms with Gasteiger partial charge in [0.25, 0.3) is 5.91 Å². The molecule has 0 radical (unpaired) electrons. The average molecular weight is 310 g/mol. The third-order valence-corrected chi connectivity index (χ3v) is 4.74. The van der Waals surface area contributed by atoms with E-state index in [2.05, 4.69) is 11.9 Å². The molecule has 21 heavy (non-hydrogen) atoms. The van der Waals surface area contributed by atoms with Gasteiger partial charge in [-0.15, -0.1) is 0 Å². The molecule has 116 valence electrons. The van der Waals surface area contributed by atoms with Gasteiger partial charge in [0.15, 0.2) is 16.7 Å². The van der Waals surface area contributed by atoms with Gasteiger partial charge in [-0.1, -0.05) is 31.5 Å². The molecule has 7 heteroatoms. The first-order valence-electron chi connectivity index (χ1n) is 7.18. The van der Waals surface area contributed by atoms with Crippen LogP contribution in [-0.4, -0.2) is 52.7 Å². The molecule has 2 rings (SSSR count). The summed E-state index contributed by atoms with van der Waals surface area (Å²) in [5, 5.41) is 0.791. The lowest BCUT2D eigenvalue weighted by Gasteiger charge is -2.14. The number of likely N-dealkylation sites (N-methyl/N-ethyl adjacent to an activating group) is 2. The van der Waals surface area contributed by atoms with E-state index in [1.807, 2.05) is 7.05 Å². The summed E-state index contributed by atoms with van der Waals surface area (Å²) in [4.78, 5) is 31.9. The smallest absolute Gasteiger partial charge is 0.274 e. The van der Waals surface area contributed by atoms with Crippen molar-refractivity contribution in [3.63, 3.8) is 0 Å². The van der Waals surface area contributed by atoms with Gasteiger partial charge in [-0.25, -0.2) is 4.98 Å². The zero-order valence-electron chi connectivity index (χ0n) is 13.0. The number of nitrogens with zero attached hydrogens (tertiary/aromatic N) is 4. The van der Waals surface area contributed by atoms with Gasteiger partial charge in [0.05, 0.1) is 0 Å². The van der Waals surface area contributed by atoms with Crippen molar-refractivity contribution in [2.24, 2.45) is 7.05 Å². The fraction of sp³-hybridized carbons (Fsp3) is 0.643. The molecule has 0 aliphatic carbocycles. The van der Waals surface area contributed by atoms with Crippen LogP contribution < -0.4 is 4.90 Å². The van der Waals surface area contributed by atoms with Crippen LogP contribution in [0.1, 0.15) is 36.7 Å². The Kier molecular flexibility index (Phi) is 4.92. The molecule has 0 atom stereocenters. The van der Waals surface area contributed by atoms with Crippen LogP contribution in [0.4, 0.5) is 5.82 Å². The van der Waals surface area contributed by atoms with Gasteiger partial charge < -0.3 is 9.47 Å². The highest BCUT2D eigenvalue weighted by Crippen LogP contribution is 2.29. The molecule has 0 unspecified atom stereocenters. The summed E-state index contributed by atoms with van der Waals surface area (Å²) in [7, 11) is 5.15. The van der Waals surface area contributed by atoms with Crippen molar-refractivity contribution < 1.29 is 9.59 Å². The Morgan fingerprint density at radius 2 is 1.90 bits per heavy atom. The van der Waals surface area contributed by atoms with Crippen molar-refractivity contribution in [1.29, 1.82) is 0 Å². The maximum atomic E-state index is 12.4. The zero-order valence-corrected chi connectivity index (χ0v) is 13.9. The van der Waals surface area contributed by atoms with E-state index in [1.165, 1.54) is 22.6 Å². The number of thioether (sulfide) groups is 1. The molecule has 0 aromatic carbocycles. The third-order valence-electron chi connectivity index (χ3n) is 3.63. The minimum atomic E-state index is -0.155. The second kappa shape index (κ2) is 6.51. The molecule has 0 saturated carbocycles. The summed E-state index contributed by atoms with van der Waals surface area (Å²) >= 11 is 1.64. The van der Waals surface area contributed by atoms with Gasteiger partial charge >= 0.3 is 0 Å². The quantitative estimate of drug-likeness (QED) is 0.614. The summed E-state index contributed by atoms with van der Waals surface area (Å²) in [6, 6.07) is 0. The van der Waals surface area contributed by atoms with E-state index in [0.717, 1.165) is 17.3 Å². The maximum Gasteiger partial charge on any atom is 0.274 e. The molecule has 6 nitrogen and oxygen atoms in total. The Hall–Kier alpha value is -1.50. The molecule has 0 saturated heterocycles. The number of rotatable bonds is 5. The minimum Gasteiger partial charge on any atom is -0.331 e. The van der Waals surface area contributed by atoms with E-state index in [0.29, 0.717) is 11.5 Å². The Morgan fingerprint density at radius 3 is 2.57 bits per heavy atom. The van der Waals surface area contributed by atoms with Crippen LogP contribution in [0.3, 0.4) is 0 Å². The van der Waals surface area contributed by atoms with E-state index in [9.17, 15) is 9.59 Å².